The van der Waals surface area contributed by atoms with Gasteiger partial charge in [0, 0.05) is 30.3 Å². The van der Waals surface area contributed by atoms with Crippen molar-refractivity contribution in [2.75, 3.05) is 12.4 Å². The predicted molar refractivity (Wildman–Crippen MR) is 109 cm³/mol. The molecule has 30 heavy (non-hydrogen) atoms. The van der Waals surface area contributed by atoms with Crippen LogP contribution in [0.25, 0.3) is 0 Å². The fraction of sp³-hybridized carbons (Fsp3) is 0.286. The SMILES string of the molecule is CNc1ccc(C(=O)c2ccccc2C(=O)O[C@H](C)C(=O)NC2CC2)cc1[N+](=O)[O-]. The van der Waals surface area contributed by atoms with Crippen molar-refractivity contribution < 1.29 is 24.0 Å². The molecular weight excluding hydrogens is 390 g/mol. The number of rotatable bonds is 8. The molecule has 9 nitrogen and oxygen atoms in total. The zero-order valence-electron chi connectivity index (χ0n) is 16.5. The molecular formula is C21H21N3O6. The van der Waals surface area contributed by atoms with Crippen molar-refractivity contribution in [2.45, 2.75) is 31.9 Å². The minimum atomic E-state index is -1.02. The third kappa shape index (κ3) is 4.62. The van der Waals surface area contributed by atoms with Gasteiger partial charge < -0.3 is 15.4 Å². The van der Waals surface area contributed by atoms with Gasteiger partial charge in [0.2, 0.25) is 0 Å². The molecule has 1 amide bonds. The van der Waals surface area contributed by atoms with Crippen LogP contribution in [0.15, 0.2) is 42.5 Å². The summed E-state index contributed by atoms with van der Waals surface area (Å²) in [5, 5.41) is 16.7. The van der Waals surface area contributed by atoms with Gasteiger partial charge in [0.1, 0.15) is 5.69 Å². The lowest BCUT2D eigenvalue weighted by atomic mass is 9.97. The maximum Gasteiger partial charge on any atom is 0.339 e. The van der Waals surface area contributed by atoms with Crippen molar-refractivity contribution in [3.63, 3.8) is 0 Å². The van der Waals surface area contributed by atoms with Gasteiger partial charge in [-0.15, -0.1) is 0 Å². The topological polar surface area (TPSA) is 128 Å². The van der Waals surface area contributed by atoms with Gasteiger partial charge in [-0.25, -0.2) is 4.79 Å². The Kier molecular flexibility index (Phi) is 6.10. The summed E-state index contributed by atoms with van der Waals surface area (Å²) in [6.45, 7) is 1.46. The zero-order valence-corrected chi connectivity index (χ0v) is 16.5. The standard InChI is InChI=1S/C21H21N3O6/c1-12(20(26)23-14-8-9-14)30-21(27)16-6-4-3-5-15(16)19(25)13-7-10-17(22-2)18(11-13)24(28)29/h3-7,10-12,14,22H,8-9H2,1-2H3,(H,23,26)/t12-/m1/s1. The van der Waals surface area contributed by atoms with Crippen LogP contribution in [0.4, 0.5) is 11.4 Å². The molecule has 156 valence electrons. The van der Waals surface area contributed by atoms with Gasteiger partial charge in [0.15, 0.2) is 11.9 Å². The van der Waals surface area contributed by atoms with Gasteiger partial charge in [-0.1, -0.05) is 18.2 Å². The number of nitrogens with one attached hydrogen (secondary N) is 2. The molecule has 0 aliphatic heterocycles. The first-order valence-electron chi connectivity index (χ1n) is 9.43. The van der Waals surface area contributed by atoms with E-state index in [1.165, 1.54) is 38.2 Å². The molecule has 0 heterocycles. The summed E-state index contributed by atoms with van der Waals surface area (Å²) < 4.78 is 5.23. The molecule has 0 unspecified atom stereocenters. The summed E-state index contributed by atoms with van der Waals surface area (Å²) in [5.41, 5.74) is 0.0757. The Labute approximate surface area is 172 Å². The second-order valence-electron chi connectivity index (χ2n) is 6.94. The number of nitro benzene ring substituents is 1. The van der Waals surface area contributed by atoms with Gasteiger partial charge in [-0.3, -0.25) is 19.7 Å². The van der Waals surface area contributed by atoms with Crippen molar-refractivity contribution >= 4 is 29.0 Å². The van der Waals surface area contributed by atoms with Crippen LogP contribution < -0.4 is 10.6 Å². The van der Waals surface area contributed by atoms with E-state index in [4.69, 9.17) is 4.74 Å². The van der Waals surface area contributed by atoms with E-state index in [1.54, 1.807) is 12.1 Å². The van der Waals surface area contributed by atoms with Crippen LogP contribution in [-0.2, 0) is 9.53 Å². The molecule has 2 aromatic rings. The number of ether oxygens (including phenoxy) is 1. The van der Waals surface area contributed by atoms with E-state index in [0.29, 0.717) is 0 Å². The molecule has 2 aromatic carbocycles. The lowest BCUT2D eigenvalue weighted by Crippen LogP contribution is -2.37. The number of carbonyl (C=O) groups is 3. The van der Waals surface area contributed by atoms with Crippen LogP contribution >= 0.6 is 0 Å². The Balaban J connectivity index is 1.84. The molecule has 9 heteroatoms. The van der Waals surface area contributed by atoms with E-state index in [2.05, 4.69) is 10.6 Å². The van der Waals surface area contributed by atoms with Crippen molar-refractivity contribution in [1.82, 2.24) is 5.32 Å². The van der Waals surface area contributed by atoms with Crippen LogP contribution in [0.5, 0.6) is 0 Å². The van der Waals surface area contributed by atoms with E-state index < -0.39 is 28.7 Å². The summed E-state index contributed by atoms with van der Waals surface area (Å²) in [7, 11) is 1.54. The Bertz CT molecular complexity index is 1020. The quantitative estimate of drug-likeness (QED) is 0.296. The molecule has 0 saturated heterocycles. The summed E-state index contributed by atoms with van der Waals surface area (Å²) >= 11 is 0. The van der Waals surface area contributed by atoms with Crippen LogP contribution in [0.1, 0.15) is 46.0 Å². The van der Waals surface area contributed by atoms with Gasteiger partial charge >= 0.3 is 5.97 Å². The van der Waals surface area contributed by atoms with Crippen LogP contribution in [0.2, 0.25) is 0 Å². The highest BCUT2D eigenvalue weighted by Crippen LogP contribution is 2.27. The summed E-state index contributed by atoms with van der Waals surface area (Å²) in [6.07, 6.45) is 0.794. The lowest BCUT2D eigenvalue weighted by molar-refractivity contribution is -0.384. The van der Waals surface area contributed by atoms with Crippen molar-refractivity contribution in [1.29, 1.82) is 0 Å². The third-order valence-corrected chi connectivity index (χ3v) is 4.69. The number of benzene rings is 2. The average molecular weight is 411 g/mol. The number of nitrogens with zero attached hydrogens (tertiary/aromatic N) is 1. The fourth-order valence-corrected chi connectivity index (χ4v) is 2.87. The first-order chi connectivity index (χ1) is 14.3. The van der Waals surface area contributed by atoms with Gasteiger partial charge in [-0.2, -0.15) is 0 Å². The first-order valence-corrected chi connectivity index (χ1v) is 9.43. The second kappa shape index (κ2) is 8.73. The molecule has 1 fully saturated rings. The van der Waals surface area contributed by atoms with E-state index >= 15 is 0 Å². The molecule has 1 aliphatic rings. The first kappa shape index (κ1) is 21.0. The number of amides is 1. The van der Waals surface area contributed by atoms with E-state index in [1.807, 2.05) is 0 Å². The highest BCUT2D eigenvalue weighted by Gasteiger charge is 2.28. The van der Waals surface area contributed by atoms with Gasteiger partial charge in [-0.05, 0) is 38.0 Å². The minimum Gasteiger partial charge on any atom is -0.449 e. The largest absolute Gasteiger partial charge is 0.449 e. The van der Waals surface area contributed by atoms with Gasteiger partial charge in [0.05, 0.1) is 10.5 Å². The fourth-order valence-electron chi connectivity index (χ4n) is 2.87. The van der Waals surface area contributed by atoms with Crippen LogP contribution in [0.3, 0.4) is 0 Å². The Morgan fingerprint density at radius 2 is 1.80 bits per heavy atom. The van der Waals surface area contributed by atoms with Crippen molar-refractivity contribution in [3.05, 3.63) is 69.3 Å². The number of esters is 1. The maximum absolute atomic E-state index is 13.0. The molecule has 3 rings (SSSR count). The molecule has 1 atom stereocenters. The van der Waals surface area contributed by atoms with E-state index in [-0.39, 0.29) is 34.1 Å². The monoisotopic (exact) mass is 411 g/mol. The average Bonchev–Trinajstić information content (AvgIpc) is 3.56. The highest BCUT2D eigenvalue weighted by molar-refractivity contribution is 6.15. The number of ketones is 1. The van der Waals surface area contributed by atoms with Crippen molar-refractivity contribution in [2.24, 2.45) is 0 Å². The molecule has 2 N–H and O–H groups in total. The zero-order chi connectivity index (χ0) is 21.8. The van der Waals surface area contributed by atoms with Crippen molar-refractivity contribution in [3.8, 4) is 0 Å². The highest BCUT2D eigenvalue weighted by atomic mass is 16.6. The van der Waals surface area contributed by atoms with Gasteiger partial charge in [0.25, 0.3) is 11.6 Å². The Morgan fingerprint density at radius 1 is 1.13 bits per heavy atom. The smallest absolute Gasteiger partial charge is 0.339 e. The predicted octanol–water partition coefficient (Wildman–Crippen LogP) is 2.69. The summed E-state index contributed by atoms with van der Waals surface area (Å²) in [5.74, 6) is -1.78. The molecule has 0 bridgehead atoms. The number of anilines is 1. The van der Waals surface area contributed by atoms with E-state index in [9.17, 15) is 24.5 Å². The molecule has 0 aromatic heterocycles. The lowest BCUT2D eigenvalue weighted by Gasteiger charge is -2.14. The third-order valence-electron chi connectivity index (χ3n) is 4.69. The molecule has 0 radical (unpaired) electrons. The van der Waals surface area contributed by atoms with Crippen LogP contribution in [-0.4, -0.2) is 41.8 Å². The number of carbonyl (C=O) groups excluding carboxylic acids is 3. The summed E-state index contributed by atoms with van der Waals surface area (Å²) in [6, 6.07) is 10.1. The Morgan fingerprint density at radius 3 is 2.40 bits per heavy atom. The Hall–Kier alpha value is -3.75. The molecule has 1 saturated carbocycles. The maximum atomic E-state index is 13.0. The summed E-state index contributed by atoms with van der Waals surface area (Å²) in [4.78, 5) is 48.3. The number of hydrogen-bond acceptors (Lipinski definition) is 7. The van der Waals surface area contributed by atoms with Crippen LogP contribution in [0, 0.1) is 10.1 Å². The number of nitro groups is 1. The second-order valence-corrected chi connectivity index (χ2v) is 6.94. The normalized spacial score (nSPS) is 13.8. The molecule has 1 aliphatic carbocycles. The minimum absolute atomic E-state index is 0.0195. The van der Waals surface area contributed by atoms with E-state index in [0.717, 1.165) is 18.9 Å². The molecule has 0 spiro atoms. The number of hydrogen-bond donors (Lipinski definition) is 2.